The third-order valence-electron chi connectivity index (χ3n) is 2.82. The lowest BCUT2D eigenvalue weighted by Gasteiger charge is -2.18. The molecule has 0 heterocycles. The molecular weight excluding hydrogens is 272 g/mol. The number of thiol groups is 2. The van der Waals surface area contributed by atoms with Crippen LogP contribution in [0.15, 0.2) is 60.7 Å². The van der Waals surface area contributed by atoms with Crippen molar-refractivity contribution in [2.75, 3.05) is 0 Å². The maximum Gasteiger partial charge on any atom is 0.105 e. The fourth-order valence-corrected chi connectivity index (χ4v) is 2.72. The Balaban J connectivity index is 1.80. The highest BCUT2D eigenvalue weighted by molar-refractivity contribution is 7.81. The van der Waals surface area contributed by atoms with Gasteiger partial charge < -0.3 is 4.74 Å². The van der Waals surface area contributed by atoms with Gasteiger partial charge in [-0.25, -0.2) is 0 Å². The van der Waals surface area contributed by atoms with E-state index in [1.807, 2.05) is 36.4 Å². The van der Waals surface area contributed by atoms with E-state index >= 15 is 0 Å². The summed E-state index contributed by atoms with van der Waals surface area (Å²) in [6.45, 7) is 0. The number of benzene rings is 2. The van der Waals surface area contributed by atoms with Crippen LogP contribution in [0, 0.1) is 0 Å². The highest BCUT2D eigenvalue weighted by Gasteiger charge is 2.11. The minimum Gasteiger partial charge on any atom is -0.354 e. The molecule has 100 valence electrons. The van der Waals surface area contributed by atoms with E-state index in [9.17, 15) is 0 Å². The predicted molar refractivity (Wildman–Crippen MR) is 86.9 cm³/mol. The molecule has 1 nitrogen and oxygen atoms in total. The molecule has 0 aromatic heterocycles. The zero-order chi connectivity index (χ0) is 13.5. The number of ether oxygens (including phenoxy) is 1. The van der Waals surface area contributed by atoms with E-state index in [1.54, 1.807) is 0 Å². The topological polar surface area (TPSA) is 9.23 Å². The number of hydrogen-bond acceptors (Lipinski definition) is 3. The van der Waals surface area contributed by atoms with Crippen molar-refractivity contribution < 1.29 is 4.74 Å². The molecule has 2 atom stereocenters. The summed E-state index contributed by atoms with van der Waals surface area (Å²) in [7, 11) is 0. The molecule has 0 saturated carbocycles. The second kappa shape index (κ2) is 7.63. The summed E-state index contributed by atoms with van der Waals surface area (Å²) in [5.74, 6) is 0. The van der Waals surface area contributed by atoms with Crippen LogP contribution in [0.25, 0.3) is 0 Å². The first-order valence-corrected chi connectivity index (χ1v) is 7.37. The van der Waals surface area contributed by atoms with Crippen molar-refractivity contribution in [2.24, 2.45) is 0 Å². The van der Waals surface area contributed by atoms with Crippen molar-refractivity contribution in [3.8, 4) is 0 Å². The minimum absolute atomic E-state index is 0.131. The Hall–Kier alpha value is -0.900. The molecule has 0 amide bonds. The SMILES string of the molecule is SC(Cc1ccccc1)OC(S)Cc1ccccc1. The molecule has 0 aliphatic heterocycles. The molecule has 0 radical (unpaired) electrons. The van der Waals surface area contributed by atoms with Crippen molar-refractivity contribution >= 4 is 25.3 Å². The number of hydrogen-bond donors (Lipinski definition) is 2. The van der Waals surface area contributed by atoms with E-state index < -0.39 is 0 Å². The zero-order valence-corrected chi connectivity index (χ0v) is 12.4. The summed E-state index contributed by atoms with van der Waals surface area (Å²) >= 11 is 8.95. The van der Waals surface area contributed by atoms with Gasteiger partial charge in [-0.05, 0) is 11.1 Å². The molecule has 3 heteroatoms. The van der Waals surface area contributed by atoms with Gasteiger partial charge in [0.15, 0.2) is 0 Å². The van der Waals surface area contributed by atoms with Crippen molar-refractivity contribution in [1.29, 1.82) is 0 Å². The largest absolute Gasteiger partial charge is 0.354 e. The van der Waals surface area contributed by atoms with E-state index in [-0.39, 0.29) is 10.9 Å². The average molecular weight is 290 g/mol. The Bertz CT molecular complexity index is 427. The van der Waals surface area contributed by atoms with Gasteiger partial charge in [0, 0.05) is 12.8 Å². The predicted octanol–water partition coefficient (Wildman–Crippen LogP) is 4.00. The molecule has 0 aliphatic carbocycles. The molecule has 0 saturated heterocycles. The van der Waals surface area contributed by atoms with Crippen LogP contribution in [-0.2, 0) is 17.6 Å². The third-order valence-corrected chi connectivity index (χ3v) is 3.43. The first-order valence-electron chi connectivity index (χ1n) is 6.33. The Morgan fingerprint density at radius 2 is 1.05 bits per heavy atom. The van der Waals surface area contributed by atoms with E-state index in [1.165, 1.54) is 11.1 Å². The lowest BCUT2D eigenvalue weighted by molar-refractivity contribution is 0.0947. The van der Waals surface area contributed by atoms with Gasteiger partial charge in [0.2, 0.25) is 0 Å². The standard InChI is InChI=1S/C16H18OS2/c18-15(11-13-7-3-1-4-8-13)17-16(19)12-14-9-5-2-6-10-14/h1-10,15-16,18-19H,11-12H2. The van der Waals surface area contributed by atoms with Gasteiger partial charge in [-0.15, -0.1) is 25.3 Å². The molecule has 2 rings (SSSR count). The van der Waals surface area contributed by atoms with Crippen LogP contribution in [0.2, 0.25) is 0 Å². The van der Waals surface area contributed by atoms with Gasteiger partial charge >= 0.3 is 0 Å². The molecule has 19 heavy (non-hydrogen) atoms. The number of rotatable bonds is 6. The second-order valence-corrected chi connectivity index (χ2v) is 5.58. The molecule has 2 aromatic carbocycles. The lowest BCUT2D eigenvalue weighted by Crippen LogP contribution is -2.17. The first-order chi connectivity index (χ1) is 9.24. The molecule has 0 aliphatic rings. The van der Waals surface area contributed by atoms with Crippen molar-refractivity contribution in [3.05, 3.63) is 71.8 Å². The summed E-state index contributed by atoms with van der Waals surface area (Å²) in [5.41, 5.74) is 2.19. The van der Waals surface area contributed by atoms with Gasteiger partial charge in [0.25, 0.3) is 0 Å². The highest BCUT2D eigenvalue weighted by Crippen LogP contribution is 2.16. The van der Waals surface area contributed by atoms with Gasteiger partial charge in [0.05, 0.1) is 0 Å². The maximum atomic E-state index is 5.79. The van der Waals surface area contributed by atoms with Gasteiger partial charge in [-0.1, -0.05) is 60.7 Å². The maximum absolute atomic E-state index is 5.79. The monoisotopic (exact) mass is 290 g/mol. The van der Waals surface area contributed by atoms with Gasteiger partial charge in [-0.2, -0.15) is 0 Å². The fourth-order valence-electron chi connectivity index (χ4n) is 1.91. The van der Waals surface area contributed by atoms with Gasteiger partial charge in [-0.3, -0.25) is 0 Å². The molecule has 2 unspecified atom stereocenters. The highest BCUT2D eigenvalue weighted by atomic mass is 32.1. The van der Waals surface area contributed by atoms with E-state index in [0.717, 1.165) is 12.8 Å². The van der Waals surface area contributed by atoms with Crippen LogP contribution < -0.4 is 0 Å². The van der Waals surface area contributed by atoms with E-state index in [4.69, 9.17) is 4.74 Å². The smallest absolute Gasteiger partial charge is 0.105 e. The minimum atomic E-state index is -0.131. The Morgan fingerprint density at radius 1 is 0.684 bits per heavy atom. The van der Waals surface area contributed by atoms with Crippen LogP contribution in [-0.4, -0.2) is 10.9 Å². The normalized spacial score (nSPS) is 14.0. The summed E-state index contributed by atoms with van der Waals surface area (Å²) in [6.07, 6.45) is 1.58. The van der Waals surface area contributed by atoms with Gasteiger partial charge in [0.1, 0.15) is 10.9 Å². The summed E-state index contributed by atoms with van der Waals surface area (Å²) in [6, 6.07) is 20.4. The summed E-state index contributed by atoms with van der Waals surface area (Å²) < 4.78 is 5.79. The lowest BCUT2D eigenvalue weighted by atomic mass is 10.1. The first kappa shape index (κ1) is 14.5. The van der Waals surface area contributed by atoms with Crippen molar-refractivity contribution in [3.63, 3.8) is 0 Å². The van der Waals surface area contributed by atoms with Crippen molar-refractivity contribution in [2.45, 2.75) is 23.7 Å². The Morgan fingerprint density at radius 3 is 1.42 bits per heavy atom. The van der Waals surface area contributed by atoms with Crippen molar-refractivity contribution in [1.82, 2.24) is 0 Å². The molecular formula is C16H18OS2. The molecule has 0 spiro atoms. The molecule has 2 aromatic rings. The Labute approximate surface area is 125 Å². The zero-order valence-electron chi connectivity index (χ0n) is 10.6. The van der Waals surface area contributed by atoms with Crippen LogP contribution in [0.1, 0.15) is 11.1 Å². The van der Waals surface area contributed by atoms with Crippen LogP contribution in [0.3, 0.4) is 0 Å². The average Bonchev–Trinajstić information content (AvgIpc) is 2.40. The third kappa shape index (κ3) is 5.31. The van der Waals surface area contributed by atoms with Crippen LogP contribution in [0.5, 0.6) is 0 Å². The Kier molecular flexibility index (Phi) is 5.83. The quantitative estimate of drug-likeness (QED) is 0.604. The van der Waals surface area contributed by atoms with Crippen LogP contribution >= 0.6 is 25.3 Å². The summed E-state index contributed by atoms with van der Waals surface area (Å²) in [4.78, 5) is 0. The van der Waals surface area contributed by atoms with E-state index in [0.29, 0.717) is 0 Å². The second-order valence-electron chi connectivity index (χ2n) is 4.42. The molecule has 0 fully saturated rings. The molecule has 0 bridgehead atoms. The molecule has 0 N–H and O–H groups in total. The van der Waals surface area contributed by atoms with E-state index in [2.05, 4.69) is 49.5 Å². The fraction of sp³-hybridized carbons (Fsp3) is 0.250. The van der Waals surface area contributed by atoms with Crippen LogP contribution in [0.4, 0.5) is 0 Å². The summed E-state index contributed by atoms with van der Waals surface area (Å²) in [5, 5.41) is 0.